The molecule has 6 aromatic heterocycles. The van der Waals surface area contributed by atoms with E-state index in [-0.39, 0.29) is 0 Å². The fraction of sp³-hybridized carbons (Fsp3) is 0.0435. The lowest BCUT2D eigenvalue weighted by atomic mass is 10.1. The standard InChI is InChI=1S/C46H36N6/c1-35(19-5-7-21-37-31-43(39-23-9-13-27-47-39)51-44(32-37)40-24-10-14-28-48-40)17-3-4-18-36(2)20-6-8-22-38-33-45(41-25-11-15-29-49-41)52-46(34-38)42-26-12-16-30-50-42/h5-34H,1-2H3/b19-5+,20-6+,21-7+,22-8+,35-17+,36-18+. The molecule has 0 aromatic carbocycles. The molecule has 0 atom stereocenters. The van der Waals surface area contributed by atoms with E-state index < -0.39 is 0 Å². The predicted octanol–water partition coefficient (Wildman–Crippen LogP) is 10.5. The van der Waals surface area contributed by atoms with Gasteiger partial charge in [-0.05, 0) is 121 Å². The number of rotatable bonds is 10. The van der Waals surface area contributed by atoms with E-state index in [1.807, 2.05) is 160 Å². The first-order valence-corrected chi connectivity index (χ1v) is 16.8. The van der Waals surface area contributed by atoms with Crippen molar-refractivity contribution in [2.45, 2.75) is 13.8 Å². The number of hydrogen-bond donors (Lipinski definition) is 0. The van der Waals surface area contributed by atoms with E-state index in [1.54, 1.807) is 24.8 Å². The van der Waals surface area contributed by atoms with Gasteiger partial charge in [0, 0.05) is 24.8 Å². The molecule has 0 aliphatic rings. The van der Waals surface area contributed by atoms with Gasteiger partial charge in [0.1, 0.15) is 0 Å². The molecule has 0 aliphatic carbocycles. The second kappa shape index (κ2) is 18.1. The van der Waals surface area contributed by atoms with Crippen LogP contribution in [0.5, 0.6) is 0 Å². The van der Waals surface area contributed by atoms with Crippen LogP contribution in [0.25, 0.3) is 57.7 Å². The number of nitrogens with zero attached hydrogens (tertiary/aromatic N) is 6. The highest BCUT2D eigenvalue weighted by molar-refractivity contribution is 5.70. The third-order valence-electron chi connectivity index (χ3n) is 7.61. The Morgan fingerprint density at radius 1 is 0.423 bits per heavy atom. The van der Waals surface area contributed by atoms with Crippen molar-refractivity contribution in [3.63, 3.8) is 0 Å². The molecule has 0 aliphatic heterocycles. The third-order valence-corrected chi connectivity index (χ3v) is 7.61. The van der Waals surface area contributed by atoms with Crippen LogP contribution in [0.1, 0.15) is 25.0 Å². The Balaban J connectivity index is 1.08. The smallest absolute Gasteiger partial charge is 0.0900 e. The quantitative estimate of drug-likeness (QED) is 0.106. The van der Waals surface area contributed by atoms with Gasteiger partial charge in [0.2, 0.25) is 0 Å². The lowest BCUT2D eigenvalue weighted by Gasteiger charge is -2.06. The van der Waals surface area contributed by atoms with Gasteiger partial charge in [0.25, 0.3) is 0 Å². The Labute approximate surface area is 305 Å². The van der Waals surface area contributed by atoms with Crippen LogP contribution >= 0.6 is 0 Å². The second-order valence-electron chi connectivity index (χ2n) is 11.7. The molecule has 0 saturated heterocycles. The minimum absolute atomic E-state index is 0.798. The SMILES string of the molecule is CC(/C=C/C=C/c1cc(-c2ccccn2)nc(-c2ccccn2)c1)=C\C#C/C=C(C)/C=C/C=C/c1cc(-c2ccccn2)nc(-c2ccccn2)c1. The summed E-state index contributed by atoms with van der Waals surface area (Å²) in [7, 11) is 0. The first-order valence-electron chi connectivity index (χ1n) is 16.8. The summed E-state index contributed by atoms with van der Waals surface area (Å²) in [5.74, 6) is 6.26. The van der Waals surface area contributed by atoms with Crippen molar-refractivity contribution < 1.29 is 0 Å². The van der Waals surface area contributed by atoms with Gasteiger partial charge < -0.3 is 0 Å². The van der Waals surface area contributed by atoms with Crippen LogP contribution in [-0.2, 0) is 0 Å². The maximum Gasteiger partial charge on any atom is 0.0900 e. The molecule has 0 unspecified atom stereocenters. The van der Waals surface area contributed by atoms with Crippen molar-refractivity contribution in [1.82, 2.24) is 29.9 Å². The predicted molar refractivity (Wildman–Crippen MR) is 213 cm³/mol. The van der Waals surface area contributed by atoms with E-state index in [4.69, 9.17) is 9.97 Å². The molecule has 0 bridgehead atoms. The fourth-order valence-corrected chi connectivity index (χ4v) is 5.03. The van der Waals surface area contributed by atoms with E-state index in [9.17, 15) is 0 Å². The van der Waals surface area contributed by atoms with Crippen molar-refractivity contribution in [2.75, 3.05) is 0 Å². The summed E-state index contributed by atoms with van der Waals surface area (Å²) < 4.78 is 0. The molecule has 0 spiro atoms. The lowest BCUT2D eigenvalue weighted by molar-refractivity contribution is 1.21. The van der Waals surface area contributed by atoms with Crippen LogP contribution < -0.4 is 0 Å². The summed E-state index contributed by atoms with van der Waals surface area (Å²) in [5.41, 5.74) is 10.6. The molecule has 0 radical (unpaired) electrons. The maximum absolute atomic E-state index is 4.82. The van der Waals surface area contributed by atoms with Gasteiger partial charge in [0.05, 0.1) is 45.6 Å². The summed E-state index contributed by atoms with van der Waals surface area (Å²) in [6.07, 6.45) is 27.1. The molecule has 52 heavy (non-hydrogen) atoms. The van der Waals surface area contributed by atoms with Crippen LogP contribution in [0.3, 0.4) is 0 Å². The number of allylic oxidation sites excluding steroid dienone is 10. The number of hydrogen-bond acceptors (Lipinski definition) is 6. The summed E-state index contributed by atoms with van der Waals surface area (Å²) >= 11 is 0. The normalized spacial score (nSPS) is 12.2. The topological polar surface area (TPSA) is 77.3 Å². The van der Waals surface area contributed by atoms with Gasteiger partial charge in [-0.3, -0.25) is 19.9 Å². The minimum atomic E-state index is 0.798. The van der Waals surface area contributed by atoms with Crippen molar-refractivity contribution >= 4 is 12.2 Å². The van der Waals surface area contributed by atoms with Gasteiger partial charge in [0.15, 0.2) is 0 Å². The van der Waals surface area contributed by atoms with Gasteiger partial charge in [-0.1, -0.05) is 84.7 Å². The molecule has 6 nitrogen and oxygen atoms in total. The molecule has 250 valence electrons. The average Bonchev–Trinajstić information content (AvgIpc) is 3.21. The second-order valence-corrected chi connectivity index (χ2v) is 11.7. The number of pyridine rings is 6. The van der Waals surface area contributed by atoms with Gasteiger partial charge >= 0.3 is 0 Å². The average molecular weight is 673 g/mol. The van der Waals surface area contributed by atoms with E-state index in [0.717, 1.165) is 67.8 Å². The Morgan fingerprint density at radius 3 is 1.04 bits per heavy atom. The van der Waals surface area contributed by atoms with Crippen LogP contribution in [0.4, 0.5) is 0 Å². The molecule has 6 heterocycles. The Bertz CT molecular complexity index is 2060. The molecule has 0 N–H and O–H groups in total. The highest BCUT2D eigenvalue weighted by Gasteiger charge is 2.09. The van der Waals surface area contributed by atoms with Crippen LogP contribution in [0.15, 0.2) is 182 Å². The van der Waals surface area contributed by atoms with Gasteiger partial charge in [-0.15, -0.1) is 0 Å². The third kappa shape index (κ3) is 10.2. The zero-order valence-corrected chi connectivity index (χ0v) is 29.0. The van der Waals surface area contributed by atoms with E-state index in [0.29, 0.717) is 0 Å². The monoisotopic (exact) mass is 672 g/mol. The van der Waals surface area contributed by atoms with E-state index in [2.05, 4.69) is 43.9 Å². The van der Waals surface area contributed by atoms with Crippen molar-refractivity contribution in [3.8, 4) is 57.4 Å². The molecule has 6 heteroatoms. The van der Waals surface area contributed by atoms with Crippen LogP contribution in [-0.4, -0.2) is 29.9 Å². The summed E-state index contributed by atoms with van der Waals surface area (Å²) in [6.45, 7) is 4.06. The molecule has 0 fully saturated rings. The van der Waals surface area contributed by atoms with Crippen LogP contribution in [0, 0.1) is 11.8 Å². The summed E-state index contributed by atoms with van der Waals surface area (Å²) in [6, 6.07) is 31.4. The van der Waals surface area contributed by atoms with E-state index >= 15 is 0 Å². The highest BCUT2D eigenvalue weighted by Crippen LogP contribution is 2.25. The van der Waals surface area contributed by atoms with Crippen LogP contribution in [0.2, 0.25) is 0 Å². The summed E-state index contributed by atoms with van der Waals surface area (Å²) in [5, 5.41) is 0. The molecule has 6 aromatic rings. The Hall–Kier alpha value is -7.10. The fourth-order valence-electron chi connectivity index (χ4n) is 5.03. The molecule has 6 rings (SSSR count). The van der Waals surface area contributed by atoms with Gasteiger partial charge in [-0.2, -0.15) is 0 Å². The van der Waals surface area contributed by atoms with Crippen molar-refractivity contribution in [1.29, 1.82) is 0 Å². The molecule has 0 amide bonds. The lowest BCUT2D eigenvalue weighted by Crippen LogP contribution is -1.93. The summed E-state index contributed by atoms with van der Waals surface area (Å²) in [4.78, 5) is 27.6. The zero-order valence-electron chi connectivity index (χ0n) is 29.0. The highest BCUT2D eigenvalue weighted by atomic mass is 14.8. The van der Waals surface area contributed by atoms with Crippen molar-refractivity contribution in [3.05, 3.63) is 193 Å². The first-order chi connectivity index (χ1) is 25.6. The van der Waals surface area contributed by atoms with Gasteiger partial charge in [-0.25, -0.2) is 9.97 Å². The largest absolute Gasteiger partial charge is 0.255 e. The van der Waals surface area contributed by atoms with E-state index in [1.165, 1.54) is 0 Å². The maximum atomic E-state index is 4.82. The zero-order chi connectivity index (χ0) is 35.8. The number of aromatic nitrogens is 6. The molecular weight excluding hydrogens is 637 g/mol. The Kier molecular flexibility index (Phi) is 12.1. The Morgan fingerprint density at radius 2 is 0.750 bits per heavy atom. The molecule has 0 saturated carbocycles. The molecular formula is C46H36N6. The van der Waals surface area contributed by atoms with Crippen molar-refractivity contribution in [2.24, 2.45) is 0 Å². The first kappa shape index (κ1) is 34.8. The minimum Gasteiger partial charge on any atom is -0.255 e.